The second kappa shape index (κ2) is 8.88. The Morgan fingerprint density at radius 2 is 1.84 bits per heavy atom. The number of pyridine rings is 1. The van der Waals surface area contributed by atoms with Gasteiger partial charge in [-0.25, -0.2) is 4.79 Å². The summed E-state index contributed by atoms with van der Waals surface area (Å²) in [5, 5.41) is 0.775. The second-order valence-corrected chi connectivity index (χ2v) is 8.05. The fraction of sp³-hybridized carbons (Fsp3) is 0.346. The van der Waals surface area contributed by atoms with Gasteiger partial charge in [-0.3, -0.25) is 9.78 Å². The van der Waals surface area contributed by atoms with Crippen LogP contribution in [-0.2, 0) is 28.8 Å². The highest BCUT2D eigenvalue weighted by Crippen LogP contribution is 2.32. The fourth-order valence-corrected chi connectivity index (χ4v) is 4.57. The molecule has 0 radical (unpaired) electrons. The maximum Gasteiger partial charge on any atom is 0.339 e. The first-order valence-corrected chi connectivity index (χ1v) is 11.0. The highest BCUT2D eigenvalue weighted by atomic mass is 16.5. The lowest BCUT2D eigenvalue weighted by Crippen LogP contribution is -2.38. The average molecular weight is 417 g/mol. The van der Waals surface area contributed by atoms with Crippen LogP contribution < -0.4 is 4.90 Å². The third-order valence-electron chi connectivity index (χ3n) is 5.93. The summed E-state index contributed by atoms with van der Waals surface area (Å²) >= 11 is 0. The Morgan fingerprint density at radius 3 is 2.61 bits per heavy atom. The zero-order valence-electron chi connectivity index (χ0n) is 18.4. The topological polar surface area (TPSA) is 59.5 Å². The van der Waals surface area contributed by atoms with Gasteiger partial charge in [-0.1, -0.05) is 56.7 Å². The summed E-state index contributed by atoms with van der Waals surface area (Å²) < 4.78 is 5.59. The zero-order valence-corrected chi connectivity index (χ0v) is 18.4. The molecule has 3 aromatic rings. The first-order valence-electron chi connectivity index (χ1n) is 11.0. The highest BCUT2D eigenvalue weighted by molar-refractivity contribution is 6.06. The Balaban J connectivity index is 1.61. The van der Waals surface area contributed by atoms with Crippen LogP contribution in [0.5, 0.6) is 0 Å². The average Bonchev–Trinajstić information content (AvgIpc) is 3.12. The van der Waals surface area contributed by atoms with Crippen LogP contribution in [0.1, 0.15) is 54.4 Å². The number of para-hydroxylation sites is 2. The zero-order chi connectivity index (χ0) is 22.0. The Kier molecular flexibility index (Phi) is 6.03. The number of hydrogen-bond acceptors (Lipinski definition) is 4. The van der Waals surface area contributed by atoms with Crippen molar-refractivity contribution in [3.8, 4) is 0 Å². The van der Waals surface area contributed by atoms with Crippen molar-refractivity contribution >= 4 is 28.5 Å². The van der Waals surface area contributed by atoms with Crippen LogP contribution >= 0.6 is 0 Å². The maximum absolute atomic E-state index is 13.2. The lowest BCUT2D eigenvalue weighted by Gasteiger charge is -2.23. The van der Waals surface area contributed by atoms with Crippen LogP contribution in [0.25, 0.3) is 10.9 Å². The number of aromatic nitrogens is 1. The number of hydrogen-bond donors (Lipinski definition) is 0. The number of aryl methyl sites for hydroxylation is 1. The highest BCUT2D eigenvalue weighted by Gasteiger charge is 2.31. The molecule has 2 aromatic carbocycles. The van der Waals surface area contributed by atoms with E-state index in [1.807, 2.05) is 62.4 Å². The molecule has 0 saturated carbocycles. The predicted molar refractivity (Wildman–Crippen MR) is 122 cm³/mol. The molecule has 1 unspecified atom stereocenters. The van der Waals surface area contributed by atoms with Gasteiger partial charge >= 0.3 is 5.97 Å². The van der Waals surface area contributed by atoms with Crippen molar-refractivity contribution < 1.29 is 14.3 Å². The van der Waals surface area contributed by atoms with E-state index in [1.54, 1.807) is 4.90 Å². The standard InChI is InChI=1S/C26H28N2O3/c1-4-10-21-19(5-2)25(20-12-7-8-13-22(20)27-21)26(30)31-16-24(29)28-17(3)15-18-11-6-9-14-23(18)28/h6-9,11-14,17H,4-5,10,15-16H2,1-3H3. The summed E-state index contributed by atoms with van der Waals surface area (Å²) in [4.78, 5) is 32.7. The summed E-state index contributed by atoms with van der Waals surface area (Å²) in [7, 11) is 0. The molecule has 31 heavy (non-hydrogen) atoms. The molecule has 160 valence electrons. The largest absolute Gasteiger partial charge is 0.452 e. The molecule has 1 amide bonds. The minimum atomic E-state index is -0.457. The number of benzene rings is 2. The number of carbonyl (C=O) groups is 2. The molecule has 0 fully saturated rings. The summed E-state index contributed by atoms with van der Waals surface area (Å²) in [6, 6.07) is 15.6. The van der Waals surface area contributed by atoms with E-state index in [9.17, 15) is 9.59 Å². The van der Waals surface area contributed by atoms with Gasteiger partial charge in [-0.15, -0.1) is 0 Å². The third kappa shape index (κ3) is 3.92. The summed E-state index contributed by atoms with van der Waals surface area (Å²) in [6.07, 6.45) is 3.24. The molecule has 5 nitrogen and oxygen atoms in total. The molecule has 0 saturated heterocycles. The van der Waals surface area contributed by atoms with Crippen LogP contribution in [0.15, 0.2) is 48.5 Å². The monoisotopic (exact) mass is 416 g/mol. The molecule has 0 spiro atoms. The van der Waals surface area contributed by atoms with Crippen LogP contribution in [0, 0.1) is 0 Å². The van der Waals surface area contributed by atoms with Gasteiger partial charge in [0, 0.05) is 22.8 Å². The SMILES string of the molecule is CCCc1nc2ccccc2c(C(=O)OCC(=O)N2c3ccccc3CC2C)c1CC. The van der Waals surface area contributed by atoms with E-state index >= 15 is 0 Å². The molecular formula is C26H28N2O3. The number of fused-ring (bicyclic) bond motifs is 2. The molecule has 2 heterocycles. The summed E-state index contributed by atoms with van der Waals surface area (Å²) in [6.45, 7) is 5.86. The van der Waals surface area contributed by atoms with Crippen LogP contribution in [0.4, 0.5) is 5.69 Å². The van der Waals surface area contributed by atoms with Crippen molar-refractivity contribution in [3.05, 3.63) is 70.9 Å². The van der Waals surface area contributed by atoms with Gasteiger partial charge in [-0.05, 0) is 49.4 Å². The van der Waals surface area contributed by atoms with E-state index in [0.717, 1.165) is 52.7 Å². The van der Waals surface area contributed by atoms with Crippen LogP contribution in [0.3, 0.4) is 0 Å². The molecule has 1 atom stereocenters. The van der Waals surface area contributed by atoms with Crippen molar-refractivity contribution in [1.82, 2.24) is 4.98 Å². The third-order valence-corrected chi connectivity index (χ3v) is 5.93. The fourth-order valence-electron chi connectivity index (χ4n) is 4.57. The Bertz CT molecular complexity index is 1140. The quantitative estimate of drug-likeness (QED) is 0.537. The van der Waals surface area contributed by atoms with E-state index < -0.39 is 5.97 Å². The molecular weight excluding hydrogens is 388 g/mol. The van der Waals surface area contributed by atoms with Gasteiger partial charge in [-0.2, -0.15) is 0 Å². The first kappa shape index (κ1) is 21.0. The van der Waals surface area contributed by atoms with Gasteiger partial charge in [0.2, 0.25) is 0 Å². The maximum atomic E-state index is 13.2. The smallest absolute Gasteiger partial charge is 0.339 e. The molecule has 1 aliphatic rings. The van der Waals surface area contributed by atoms with E-state index in [-0.39, 0.29) is 18.6 Å². The number of amides is 1. The van der Waals surface area contributed by atoms with Gasteiger partial charge in [0.1, 0.15) is 0 Å². The van der Waals surface area contributed by atoms with Crippen molar-refractivity contribution in [2.75, 3.05) is 11.5 Å². The Labute approximate surface area is 183 Å². The minimum absolute atomic E-state index is 0.0488. The number of rotatable bonds is 6. The van der Waals surface area contributed by atoms with E-state index in [2.05, 4.69) is 6.92 Å². The molecule has 4 rings (SSSR count). The molecule has 1 aliphatic heterocycles. The van der Waals surface area contributed by atoms with Crippen LogP contribution in [0.2, 0.25) is 0 Å². The lowest BCUT2D eigenvalue weighted by molar-refractivity contribution is -0.122. The Hall–Kier alpha value is -3.21. The summed E-state index contributed by atoms with van der Waals surface area (Å²) in [5.74, 6) is -0.655. The number of ether oxygens (including phenoxy) is 1. The minimum Gasteiger partial charge on any atom is -0.452 e. The predicted octanol–water partition coefficient (Wildman–Crippen LogP) is 4.88. The molecule has 0 bridgehead atoms. The molecule has 1 aromatic heterocycles. The van der Waals surface area contributed by atoms with Gasteiger partial charge in [0.05, 0.1) is 11.1 Å². The van der Waals surface area contributed by atoms with E-state index in [1.165, 1.54) is 0 Å². The first-order chi connectivity index (χ1) is 15.0. The second-order valence-electron chi connectivity index (χ2n) is 8.05. The number of esters is 1. The number of nitrogens with zero attached hydrogens (tertiary/aromatic N) is 2. The molecule has 0 N–H and O–H groups in total. The van der Waals surface area contributed by atoms with Gasteiger partial charge < -0.3 is 9.64 Å². The summed E-state index contributed by atoms with van der Waals surface area (Å²) in [5.41, 5.74) is 5.22. The van der Waals surface area contributed by atoms with Crippen molar-refractivity contribution in [3.63, 3.8) is 0 Å². The molecule has 5 heteroatoms. The van der Waals surface area contributed by atoms with Gasteiger partial charge in [0.15, 0.2) is 6.61 Å². The number of carbonyl (C=O) groups excluding carboxylic acids is 2. The van der Waals surface area contributed by atoms with Crippen molar-refractivity contribution in [2.45, 2.75) is 52.5 Å². The van der Waals surface area contributed by atoms with Crippen molar-refractivity contribution in [2.24, 2.45) is 0 Å². The van der Waals surface area contributed by atoms with E-state index in [0.29, 0.717) is 12.0 Å². The van der Waals surface area contributed by atoms with E-state index in [4.69, 9.17) is 9.72 Å². The van der Waals surface area contributed by atoms with Gasteiger partial charge in [0.25, 0.3) is 5.91 Å². The molecule has 0 aliphatic carbocycles. The normalized spacial score (nSPS) is 15.2. The van der Waals surface area contributed by atoms with Crippen molar-refractivity contribution in [1.29, 1.82) is 0 Å². The Morgan fingerprint density at radius 1 is 1.10 bits per heavy atom. The lowest BCUT2D eigenvalue weighted by atomic mass is 9.96. The number of anilines is 1. The van der Waals surface area contributed by atoms with Crippen LogP contribution in [-0.4, -0.2) is 29.5 Å².